The smallest absolute Gasteiger partial charge is 0.0853 e. The Morgan fingerprint density at radius 3 is 2.68 bits per heavy atom. The summed E-state index contributed by atoms with van der Waals surface area (Å²) < 4.78 is 1.91. The molecule has 1 aliphatic carbocycles. The molecule has 0 spiro atoms. The predicted molar refractivity (Wildman–Crippen MR) is 82.0 cm³/mol. The first-order valence-corrected chi connectivity index (χ1v) is 7.67. The number of halogens is 2. The number of aryl methyl sites for hydroxylation is 2. The average Bonchev–Trinajstić information content (AvgIpc) is 2.53. The lowest BCUT2D eigenvalue weighted by Gasteiger charge is -2.32. The fourth-order valence-electron chi connectivity index (χ4n) is 2.94. The summed E-state index contributed by atoms with van der Waals surface area (Å²) in [5.41, 5.74) is 3.74. The number of hydrogen-bond donors (Lipinski definition) is 0. The van der Waals surface area contributed by atoms with Crippen molar-refractivity contribution in [1.82, 2.24) is 9.78 Å². The largest absolute Gasteiger partial charge is 0.271 e. The zero-order chi connectivity index (χ0) is 14.2. The topological polar surface area (TPSA) is 17.8 Å². The highest BCUT2D eigenvalue weighted by Gasteiger charge is 2.28. The monoisotopic (exact) mass is 300 g/mol. The zero-order valence-electron chi connectivity index (χ0n) is 12.1. The SMILES string of the molecule is CCc1nn(C)c(CC2=CC(Cl)CC(C)(C)C2)c1Cl. The summed E-state index contributed by atoms with van der Waals surface area (Å²) in [6, 6.07) is 0. The number of allylic oxidation sites excluding steroid dienone is 2. The van der Waals surface area contributed by atoms with Gasteiger partial charge in [-0.15, -0.1) is 11.6 Å². The lowest BCUT2D eigenvalue weighted by molar-refractivity contribution is 0.320. The highest BCUT2D eigenvalue weighted by Crippen LogP contribution is 2.39. The van der Waals surface area contributed by atoms with Gasteiger partial charge in [0.05, 0.1) is 21.8 Å². The van der Waals surface area contributed by atoms with Crippen LogP contribution in [0, 0.1) is 5.41 Å². The van der Waals surface area contributed by atoms with Crippen LogP contribution < -0.4 is 0 Å². The quantitative estimate of drug-likeness (QED) is 0.592. The van der Waals surface area contributed by atoms with Crippen molar-refractivity contribution in [3.63, 3.8) is 0 Å². The molecule has 0 saturated heterocycles. The van der Waals surface area contributed by atoms with Crippen molar-refractivity contribution < 1.29 is 0 Å². The minimum absolute atomic E-state index is 0.136. The summed E-state index contributed by atoms with van der Waals surface area (Å²) >= 11 is 12.8. The van der Waals surface area contributed by atoms with Gasteiger partial charge < -0.3 is 0 Å². The van der Waals surface area contributed by atoms with Gasteiger partial charge >= 0.3 is 0 Å². The molecule has 2 nitrogen and oxygen atoms in total. The van der Waals surface area contributed by atoms with Crippen molar-refractivity contribution in [2.24, 2.45) is 12.5 Å². The van der Waals surface area contributed by atoms with Crippen LogP contribution >= 0.6 is 23.2 Å². The Morgan fingerprint density at radius 1 is 1.47 bits per heavy atom. The van der Waals surface area contributed by atoms with Crippen LogP contribution in [0.15, 0.2) is 11.6 Å². The van der Waals surface area contributed by atoms with E-state index in [1.807, 2.05) is 11.7 Å². The molecule has 2 rings (SSSR count). The predicted octanol–water partition coefficient (Wildman–Crippen LogP) is 4.53. The number of aromatic nitrogens is 2. The molecule has 1 atom stereocenters. The van der Waals surface area contributed by atoms with Gasteiger partial charge in [-0.05, 0) is 24.7 Å². The zero-order valence-corrected chi connectivity index (χ0v) is 13.6. The third kappa shape index (κ3) is 3.35. The molecule has 1 aliphatic rings. The summed E-state index contributed by atoms with van der Waals surface area (Å²) in [6.07, 6.45) is 6.04. The molecule has 1 aromatic rings. The van der Waals surface area contributed by atoms with Gasteiger partial charge in [-0.3, -0.25) is 4.68 Å². The molecule has 0 saturated carbocycles. The van der Waals surface area contributed by atoms with E-state index in [-0.39, 0.29) is 10.8 Å². The fraction of sp³-hybridized carbons (Fsp3) is 0.667. The molecule has 0 aromatic carbocycles. The molecule has 1 heterocycles. The second-order valence-corrected chi connectivity index (χ2v) is 7.19. The van der Waals surface area contributed by atoms with E-state index in [1.54, 1.807) is 0 Å². The Balaban J connectivity index is 2.24. The van der Waals surface area contributed by atoms with E-state index in [4.69, 9.17) is 23.2 Å². The molecule has 0 N–H and O–H groups in total. The maximum Gasteiger partial charge on any atom is 0.0853 e. The van der Waals surface area contributed by atoms with Crippen molar-refractivity contribution in [2.75, 3.05) is 0 Å². The van der Waals surface area contributed by atoms with Gasteiger partial charge in [0.15, 0.2) is 0 Å². The minimum Gasteiger partial charge on any atom is -0.271 e. The summed E-state index contributed by atoms with van der Waals surface area (Å²) in [4.78, 5) is 0. The van der Waals surface area contributed by atoms with Crippen molar-refractivity contribution in [3.05, 3.63) is 28.1 Å². The van der Waals surface area contributed by atoms with Gasteiger partial charge in [-0.1, -0.05) is 44.0 Å². The van der Waals surface area contributed by atoms with Crippen LogP contribution in [0.5, 0.6) is 0 Å². The van der Waals surface area contributed by atoms with Crippen LogP contribution in [0.2, 0.25) is 5.02 Å². The van der Waals surface area contributed by atoms with Crippen molar-refractivity contribution >= 4 is 23.2 Å². The summed E-state index contributed by atoms with van der Waals surface area (Å²) in [5, 5.41) is 5.43. The highest BCUT2D eigenvalue weighted by molar-refractivity contribution is 6.31. The second-order valence-electron chi connectivity index (χ2n) is 6.25. The summed E-state index contributed by atoms with van der Waals surface area (Å²) in [6.45, 7) is 6.63. The van der Waals surface area contributed by atoms with E-state index in [0.29, 0.717) is 0 Å². The number of rotatable bonds is 3. The van der Waals surface area contributed by atoms with E-state index in [0.717, 1.165) is 42.1 Å². The fourth-order valence-corrected chi connectivity index (χ4v) is 3.89. The number of alkyl halides is 1. The molecule has 1 aromatic heterocycles. The van der Waals surface area contributed by atoms with Crippen LogP contribution in [0.4, 0.5) is 0 Å². The Labute approximate surface area is 125 Å². The molecular formula is C15H22Cl2N2. The Bertz CT molecular complexity index is 500. The van der Waals surface area contributed by atoms with E-state index in [2.05, 4.69) is 31.9 Å². The molecule has 0 aliphatic heterocycles. The first kappa shape index (κ1) is 14.9. The van der Waals surface area contributed by atoms with Crippen LogP contribution in [0.3, 0.4) is 0 Å². The maximum atomic E-state index is 6.41. The Hall–Kier alpha value is -0.470. The molecule has 4 heteroatoms. The van der Waals surface area contributed by atoms with Gasteiger partial charge in [-0.2, -0.15) is 5.10 Å². The maximum absolute atomic E-state index is 6.41. The highest BCUT2D eigenvalue weighted by atomic mass is 35.5. The average molecular weight is 301 g/mol. The number of hydrogen-bond acceptors (Lipinski definition) is 1. The Kier molecular flexibility index (Phi) is 4.32. The normalized spacial score (nSPS) is 22.4. The van der Waals surface area contributed by atoms with Crippen LogP contribution in [-0.4, -0.2) is 15.2 Å². The third-order valence-electron chi connectivity index (χ3n) is 3.77. The number of nitrogens with zero attached hydrogens (tertiary/aromatic N) is 2. The van der Waals surface area contributed by atoms with E-state index in [1.165, 1.54) is 5.57 Å². The molecule has 0 bridgehead atoms. The Morgan fingerprint density at radius 2 is 2.16 bits per heavy atom. The van der Waals surface area contributed by atoms with Gasteiger partial charge in [0.1, 0.15) is 0 Å². The second kappa shape index (κ2) is 5.49. The van der Waals surface area contributed by atoms with Gasteiger partial charge in [0, 0.05) is 13.5 Å². The lowest BCUT2D eigenvalue weighted by Crippen LogP contribution is -2.23. The summed E-state index contributed by atoms with van der Waals surface area (Å²) in [5.74, 6) is 0. The first-order valence-electron chi connectivity index (χ1n) is 6.86. The lowest BCUT2D eigenvalue weighted by atomic mass is 9.76. The van der Waals surface area contributed by atoms with E-state index in [9.17, 15) is 0 Å². The van der Waals surface area contributed by atoms with Crippen molar-refractivity contribution in [1.29, 1.82) is 0 Å². The van der Waals surface area contributed by atoms with Crippen LogP contribution in [-0.2, 0) is 19.9 Å². The van der Waals surface area contributed by atoms with E-state index < -0.39 is 0 Å². The van der Waals surface area contributed by atoms with E-state index >= 15 is 0 Å². The van der Waals surface area contributed by atoms with Gasteiger partial charge in [0.25, 0.3) is 0 Å². The first-order chi connectivity index (χ1) is 8.82. The molecule has 0 amide bonds. The van der Waals surface area contributed by atoms with Gasteiger partial charge in [-0.25, -0.2) is 0 Å². The van der Waals surface area contributed by atoms with Crippen molar-refractivity contribution in [2.45, 2.75) is 51.8 Å². The minimum atomic E-state index is 0.136. The molecular weight excluding hydrogens is 279 g/mol. The van der Waals surface area contributed by atoms with Gasteiger partial charge in [0.2, 0.25) is 0 Å². The standard InChI is InChI=1S/C15H22Cl2N2/c1-5-12-14(17)13(19(4)18-12)7-10-6-11(16)9-15(2,3)8-10/h6,11H,5,7-9H2,1-4H3. The summed E-state index contributed by atoms with van der Waals surface area (Å²) in [7, 11) is 1.97. The molecule has 1 unspecified atom stereocenters. The van der Waals surface area contributed by atoms with Crippen LogP contribution in [0.25, 0.3) is 0 Å². The molecule has 19 heavy (non-hydrogen) atoms. The molecule has 0 fully saturated rings. The molecule has 0 radical (unpaired) electrons. The molecule has 106 valence electrons. The van der Waals surface area contributed by atoms with Crippen molar-refractivity contribution in [3.8, 4) is 0 Å². The third-order valence-corrected chi connectivity index (χ3v) is 4.48. The van der Waals surface area contributed by atoms with Crippen LogP contribution in [0.1, 0.15) is 45.0 Å².